The number of aromatic nitrogens is 2. The first kappa shape index (κ1) is 14.8. The average Bonchev–Trinajstić information content (AvgIpc) is 2.63. The molecule has 0 saturated heterocycles. The topological polar surface area (TPSA) is 41.1 Å². The lowest BCUT2D eigenvalue weighted by Crippen LogP contribution is -2.19. The number of nitrogens with one attached hydrogen (secondary N) is 1. The molecule has 0 fully saturated rings. The van der Waals surface area contributed by atoms with E-state index >= 15 is 0 Å². The summed E-state index contributed by atoms with van der Waals surface area (Å²) in [7, 11) is 0. The zero-order valence-electron chi connectivity index (χ0n) is 13.0. The molecular formula is C19H16N4S. The van der Waals surface area contributed by atoms with Crippen LogP contribution in [0.5, 0.6) is 0 Å². The van der Waals surface area contributed by atoms with E-state index in [1.807, 2.05) is 54.7 Å². The summed E-state index contributed by atoms with van der Waals surface area (Å²) in [6.07, 6.45) is 3.78. The molecular weight excluding hydrogens is 316 g/mol. The summed E-state index contributed by atoms with van der Waals surface area (Å²) in [6, 6.07) is 18.2. The van der Waals surface area contributed by atoms with Crippen molar-refractivity contribution in [3.8, 4) is 11.3 Å². The Bertz CT molecular complexity index is 880. The van der Waals surface area contributed by atoms with E-state index in [-0.39, 0.29) is 0 Å². The number of hydrogen-bond donors (Lipinski definition) is 1. The average molecular weight is 332 g/mol. The van der Waals surface area contributed by atoms with Gasteiger partial charge < -0.3 is 9.62 Å². The van der Waals surface area contributed by atoms with Crippen LogP contribution in [0, 0.1) is 0 Å². The lowest BCUT2D eigenvalue weighted by atomic mass is 10.1. The third-order valence-corrected chi connectivity index (χ3v) is 4.78. The smallest absolute Gasteiger partial charge is 0.227 e. The molecule has 2 aromatic carbocycles. The van der Waals surface area contributed by atoms with Crippen molar-refractivity contribution in [2.24, 2.45) is 0 Å². The summed E-state index contributed by atoms with van der Waals surface area (Å²) in [6.45, 7) is 4.62. The van der Waals surface area contributed by atoms with Crippen LogP contribution >= 0.6 is 11.9 Å². The predicted molar refractivity (Wildman–Crippen MR) is 101 cm³/mol. The molecule has 0 radical (unpaired) electrons. The molecule has 0 spiro atoms. The second kappa shape index (κ2) is 6.37. The highest BCUT2D eigenvalue weighted by atomic mass is 32.2. The van der Waals surface area contributed by atoms with Crippen LogP contribution in [0.1, 0.15) is 0 Å². The van der Waals surface area contributed by atoms with Crippen LogP contribution in [0.3, 0.4) is 0 Å². The van der Waals surface area contributed by atoms with Gasteiger partial charge >= 0.3 is 0 Å². The van der Waals surface area contributed by atoms with E-state index in [4.69, 9.17) is 4.98 Å². The van der Waals surface area contributed by atoms with Crippen molar-refractivity contribution in [3.05, 3.63) is 73.4 Å². The largest absolute Gasteiger partial charge is 0.324 e. The minimum absolute atomic E-state index is 0.604. The Hall–Kier alpha value is -2.79. The van der Waals surface area contributed by atoms with Gasteiger partial charge in [-0.2, -0.15) is 0 Å². The molecule has 0 amide bonds. The summed E-state index contributed by atoms with van der Waals surface area (Å²) >= 11 is 1.65. The van der Waals surface area contributed by atoms with Crippen LogP contribution in [0.4, 0.5) is 17.3 Å². The molecule has 0 saturated carbocycles. The molecule has 2 heterocycles. The van der Waals surface area contributed by atoms with Gasteiger partial charge in [-0.3, -0.25) is 0 Å². The highest BCUT2D eigenvalue weighted by Crippen LogP contribution is 2.45. The number of hydrogen-bond acceptors (Lipinski definition) is 5. The van der Waals surface area contributed by atoms with Crippen LogP contribution in [-0.2, 0) is 0 Å². The number of anilines is 3. The predicted octanol–water partition coefficient (Wildman–Crippen LogP) is 4.90. The van der Waals surface area contributed by atoms with E-state index in [1.165, 1.54) is 0 Å². The van der Waals surface area contributed by atoms with Crippen LogP contribution in [-0.4, -0.2) is 16.5 Å². The third kappa shape index (κ3) is 2.74. The maximum atomic E-state index is 4.75. The summed E-state index contributed by atoms with van der Waals surface area (Å²) < 4.78 is 2.21. The van der Waals surface area contributed by atoms with E-state index in [1.54, 1.807) is 11.9 Å². The Morgan fingerprint density at radius 1 is 1.08 bits per heavy atom. The minimum Gasteiger partial charge on any atom is -0.324 e. The van der Waals surface area contributed by atoms with Crippen molar-refractivity contribution in [3.63, 3.8) is 0 Å². The second-order valence-electron chi connectivity index (χ2n) is 5.36. The number of fused-ring (bicyclic) bond motifs is 3. The zero-order chi connectivity index (χ0) is 16.4. The molecule has 1 N–H and O–H groups in total. The Balaban J connectivity index is 1.74. The zero-order valence-corrected chi connectivity index (χ0v) is 13.8. The molecule has 3 aromatic rings. The van der Waals surface area contributed by atoms with Gasteiger partial charge in [0.2, 0.25) is 5.95 Å². The molecule has 0 atom stereocenters. The molecule has 0 aliphatic carbocycles. The van der Waals surface area contributed by atoms with Crippen LogP contribution in [0.2, 0.25) is 0 Å². The van der Waals surface area contributed by atoms with Crippen molar-refractivity contribution in [1.82, 2.24) is 9.97 Å². The second-order valence-corrected chi connectivity index (χ2v) is 6.42. The van der Waals surface area contributed by atoms with Crippen molar-refractivity contribution < 1.29 is 0 Å². The molecule has 0 bridgehead atoms. The van der Waals surface area contributed by atoms with Gasteiger partial charge in [-0.05, 0) is 30.1 Å². The Morgan fingerprint density at radius 3 is 2.71 bits per heavy atom. The van der Waals surface area contributed by atoms with Gasteiger partial charge in [0.15, 0.2) is 0 Å². The van der Waals surface area contributed by atoms with Crippen molar-refractivity contribution in [1.29, 1.82) is 0 Å². The normalized spacial score (nSPS) is 12.2. The Labute approximate surface area is 145 Å². The summed E-state index contributed by atoms with van der Waals surface area (Å²) in [5.41, 5.74) is 4.21. The molecule has 24 heavy (non-hydrogen) atoms. The van der Waals surface area contributed by atoms with E-state index in [2.05, 4.69) is 33.3 Å². The van der Waals surface area contributed by atoms with Crippen LogP contribution < -0.4 is 9.62 Å². The van der Waals surface area contributed by atoms with Gasteiger partial charge in [-0.1, -0.05) is 42.5 Å². The minimum atomic E-state index is 0.604. The van der Waals surface area contributed by atoms with Crippen molar-refractivity contribution >= 4 is 29.3 Å². The van der Waals surface area contributed by atoms with Gasteiger partial charge in [-0.25, -0.2) is 9.97 Å². The molecule has 4 nitrogen and oxygen atoms in total. The molecule has 5 heteroatoms. The highest BCUT2D eigenvalue weighted by molar-refractivity contribution is 8.00. The highest BCUT2D eigenvalue weighted by Gasteiger charge is 2.24. The first-order valence-corrected chi connectivity index (χ1v) is 8.47. The maximum absolute atomic E-state index is 4.75. The lowest BCUT2D eigenvalue weighted by Gasteiger charge is -2.29. The first-order chi connectivity index (χ1) is 11.8. The van der Waals surface area contributed by atoms with Gasteiger partial charge in [-0.15, -0.1) is 6.58 Å². The lowest BCUT2D eigenvalue weighted by molar-refractivity contribution is 1.08. The first-order valence-electron chi connectivity index (χ1n) is 7.70. The number of rotatable bonds is 4. The van der Waals surface area contributed by atoms with Gasteiger partial charge in [0.25, 0.3) is 0 Å². The number of benzene rings is 2. The fourth-order valence-electron chi connectivity index (χ4n) is 2.65. The maximum Gasteiger partial charge on any atom is 0.227 e. The molecule has 1 aliphatic rings. The molecule has 118 valence electrons. The van der Waals surface area contributed by atoms with Gasteiger partial charge in [0.1, 0.15) is 0 Å². The van der Waals surface area contributed by atoms with Crippen LogP contribution in [0.25, 0.3) is 11.3 Å². The SMILES string of the molecule is C=CCN1Sc2cnc(Nc3ccccc3)nc2-c2ccccc21. The fraction of sp³-hybridized carbons (Fsp3) is 0.0526. The molecule has 1 aliphatic heterocycles. The quantitative estimate of drug-likeness (QED) is 0.543. The van der Waals surface area contributed by atoms with E-state index in [0.29, 0.717) is 5.95 Å². The van der Waals surface area contributed by atoms with E-state index in [9.17, 15) is 0 Å². The Morgan fingerprint density at radius 2 is 1.88 bits per heavy atom. The van der Waals surface area contributed by atoms with Crippen molar-refractivity contribution in [2.45, 2.75) is 4.90 Å². The summed E-state index contributed by atoms with van der Waals surface area (Å²) in [5.74, 6) is 0.604. The number of para-hydroxylation sites is 2. The van der Waals surface area contributed by atoms with E-state index < -0.39 is 0 Å². The standard InChI is InChI=1S/C19H16N4S/c1-2-12-23-16-11-7-6-10-15(16)18-17(24-23)13-20-19(22-18)21-14-8-4-3-5-9-14/h2-11,13H,1,12H2,(H,20,21,22). The monoisotopic (exact) mass is 332 g/mol. The Kier molecular flexibility index (Phi) is 3.92. The van der Waals surface area contributed by atoms with Crippen LogP contribution in [0.15, 0.2) is 78.3 Å². The molecule has 1 aromatic heterocycles. The van der Waals surface area contributed by atoms with Crippen molar-refractivity contribution in [2.75, 3.05) is 16.2 Å². The third-order valence-electron chi connectivity index (χ3n) is 3.72. The van der Waals surface area contributed by atoms with Gasteiger partial charge in [0, 0.05) is 24.0 Å². The number of nitrogens with zero attached hydrogens (tertiary/aromatic N) is 3. The summed E-state index contributed by atoms with van der Waals surface area (Å²) in [5, 5.41) is 3.26. The summed E-state index contributed by atoms with van der Waals surface area (Å²) in [4.78, 5) is 10.3. The molecule has 4 rings (SSSR count). The molecule has 0 unspecified atom stereocenters. The van der Waals surface area contributed by atoms with Gasteiger partial charge in [0.05, 0.1) is 16.3 Å². The fourth-order valence-corrected chi connectivity index (χ4v) is 3.67. The van der Waals surface area contributed by atoms with E-state index in [0.717, 1.165) is 34.1 Å².